The zero-order chi connectivity index (χ0) is 28.6. The molecular weight excluding hydrogens is 510 g/mol. The van der Waals surface area contributed by atoms with E-state index in [1.807, 2.05) is 71.0 Å². The van der Waals surface area contributed by atoms with Crippen LogP contribution in [-0.4, -0.2) is 43.8 Å². The van der Waals surface area contributed by atoms with Crippen LogP contribution in [0.15, 0.2) is 83.8 Å². The predicted molar refractivity (Wildman–Crippen MR) is 156 cm³/mol. The van der Waals surface area contributed by atoms with Gasteiger partial charge in [0.25, 0.3) is 10.0 Å². The Hall–Kier alpha value is -3.65. The summed E-state index contributed by atoms with van der Waals surface area (Å²) in [6.45, 7) is 9.37. The van der Waals surface area contributed by atoms with E-state index in [1.165, 1.54) is 17.0 Å². The number of aryl methyl sites for hydroxylation is 2. The highest BCUT2D eigenvalue weighted by Crippen LogP contribution is 2.25. The van der Waals surface area contributed by atoms with E-state index < -0.39 is 28.5 Å². The Morgan fingerprint density at radius 3 is 2.10 bits per heavy atom. The molecule has 1 N–H and O–H groups in total. The summed E-state index contributed by atoms with van der Waals surface area (Å²) in [6.07, 6.45) is 1.14. The Bertz CT molecular complexity index is 1360. The number of sulfonamides is 1. The molecule has 3 aromatic rings. The van der Waals surface area contributed by atoms with Gasteiger partial charge in [-0.3, -0.25) is 13.9 Å². The minimum atomic E-state index is -4.07. The number of hydrogen-bond donors (Lipinski definition) is 1. The van der Waals surface area contributed by atoms with Gasteiger partial charge in [-0.25, -0.2) is 8.42 Å². The lowest BCUT2D eigenvalue weighted by Crippen LogP contribution is -2.53. The fraction of sp³-hybridized carbons (Fsp3) is 0.355. The smallest absolute Gasteiger partial charge is 0.264 e. The number of anilines is 1. The molecule has 0 heterocycles. The fourth-order valence-corrected chi connectivity index (χ4v) is 5.76. The minimum Gasteiger partial charge on any atom is -0.352 e. The van der Waals surface area contributed by atoms with Crippen molar-refractivity contribution in [1.29, 1.82) is 0 Å². The van der Waals surface area contributed by atoms with Gasteiger partial charge in [0.05, 0.1) is 10.6 Å². The number of carbonyl (C=O) groups excluding carboxylic acids is 2. The van der Waals surface area contributed by atoms with Gasteiger partial charge in [-0.15, -0.1) is 0 Å². The zero-order valence-corrected chi connectivity index (χ0v) is 24.2. The van der Waals surface area contributed by atoms with E-state index in [4.69, 9.17) is 0 Å². The third-order valence-corrected chi connectivity index (χ3v) is 8.54. The molecule has 0 fully saturated rings. The van der Waals surface area contributed by atoms with Crippen LogP contribution in [-0.2, 0) is 26.2 Å². The summed E-state index contributed by atoms with van der Waals surface area (Å²) in [5, 5.41) is 3.00. The van der Waals surface area contributed by atoms with Crippen molar-refractivity contribution in [1.82, 2.24) is 10.2 Å². The largest absolute Gasteiger partial charge is 0.352 e. The van der Waals surface area contributed by atoms with E-state index in [9.17, 15) is 18.0 Å². The van der Waals surface area contributed by atoms with Crippen LogP contribution >= 0.6 is 0 Å². The highest BCUT2D eigenvalue weighted by Gasteiger charge is 2.33. The number of nitrogens with one attached hydrogen (secondary N) is 1. The number of amides is 2. The molecule has 39 heavy (non-hydrogen) atoms. The molecule has 3 aromatic carbocycles. The molecule has 0 aromatic heterocycles. The van der Waals surface area contributed by atoms with E-state index in [0.717, 1.165) is 27.4 Å². The molecule has 0 bridgehead atoms. The molecule has 0 spiro atoms. The third-order valence-electron chi connectivity index (χ3n) is 6.75. The lowest BCUT2D eigenvalue weighted by atomic mass is 10.1. The maximum Gasteiger partial charge on any atom is 0.264 e. The number of benzene rings is 3. The summed E-state index contributed by atoms with van der Waals surface area (Å²) >= 11 is 0. The van der Waals surface area contributed by atoms with E-state index in [2.05, 4.69) is 5.32 Å². The second-order valence-corrected chi connectivity index (χ2v) is 11.8. The second-order valence-electron chi connectivity index (χ2n) is 9.91. The summed E-state index contributed by atoms with van der Waals surface area (Å²) in [6, 6.07) is 22.0. The SMILES string of the molecule is CC[C@H](C(=O)N[C@@H](C)CC)N(Cc1cccc(C)c1)C(=O)CN(c1ccc(C)cc1)S(=O)(=O)c1ccccc1. The van der Waals surface area contributed by atoms with Gasteiger partial charge in [-0.05, 0) is 63.4 Å². The van der Waals surface area contributed by atoms with Crippen LogP contribution in [0.1, 0.15) is 50.3 Å². The third kappa shape index (κ3) is 7.69. The Kier molecular flexibility index (Phi) is 10.3. The number of nitrogens with zero attached hydrogens (tertiary/aromatic N) is 2. The van der Waals surface area contributed by atoms with Crippen molar-refractivity contribution >= 4 is 27.5 Å². The van der Waals surface area contributed by atoms with E-state index in [1.54, 1.807) is 30.3 Å². The molecule has 3 rings (SSSR count). The highest BCUT2D eigenvalue weighted by molar-refractivity contribution is 7.92. The maximum atomic E-state index is 14.1. The Labute approximate surface area is 232 Å². The van der Waals surface area contributed by atoms with Gasteiger partial charge in [0.1, 0.15) is 12.6 Å². The van der Waals surface area contributed by atoms with Gasteiger partial charge in [-0.1, -0.05) is 79.6 Å². The Morgan fingerprint density at radius 1 is 0.846 bits per heavy atom. The molecule has 0 aliphatic rings. The first-order chi connectivity index (χ1) is 18.6. The normalized spacial score (nSPS) is 12.8. The number of rotatable bonds is 12. The van der Waals surface area contributed by atoms with Crippen molar-refractivity contribution in [3.63, 3.8) is 0 Å². The zero-order valence-electron chi connectivity index (χ0n) is 23.4. The number of carbonyl (C=O) groups is 2. The molecule has 0 unspecified atom stereocenters. The molecule has 2 amide bonds. The highest BCUT2D eigenvalue weighted by atomic mass is 32.2. The van der Waals surface area contributed by atoms with Crippen LogP contribution in [0.4, 0.5) is 5.69 Å². The lowest BCUT2D eigenvalue weighted by Gasteiger charge is -2.33. The Morgan fingerprint density at radius 2 is 1.51 bits per heavy atom. The van der Waals surface area contributed by atoms with Crippen molar-refractivity contribution in [2.45, 2.75) is 71.0 Å². The van der Waals surface area contributed by atoms with Gasteiger partial charge in [0.2, 0.25) is 11.8 Å². The topological polar surface area (TPSA) is 86.8 Å². The monoisotopic (exact) mass is 549 g/mol. The van der Waals surface area contributed by atoms with Crippen LogP contribution in [0.5, 0.6) is 0 Å². The van der Waals surface area contributed by atoms with Crippen molar-refractivity contribution in [2.24, 2.45) is 0 Å². The van der Waals surface area contributed by atoms with Crippen molar-refractivity contribution in [3.8, 4) is 0 Å². The molecular formula is C31H39N3O4S. The Balaban J connectivity index is 2.04. The molecule has 0 aliphatic heterocycles. The average Bonchev–Trinajstić information content (AvgIpc) is 2.92. The van der Waals surface area contributed by atoms with Crippen LogP contribution in [0, 0.1) is 13.8 Å². The first kappa shape index (κ1) is 29.9. The van der Waals surface area contributed by atoms with Gasteiger partial charge in [0.15, 0.2) is 0 Å². The van der Waals surface area contributed by atoms with E-state index in [0.29, 0.717) is 12.1 Å². The first-order valence-electron chi connectivity index (χ1n) is 13.4. The number of hydrogen-bond acceptors (Lipinski definition) is 4. The van der Waals surface area contributed by atoms with Gasteiger partial charge < -0.3 is 10.2 Å². The first-order valence-corrected chi connectivity index (χ1v) is 14.8. The van der Waals surface area contributed by atoms with E-state index >= 15 is 0 Å². The summed E-state index contributed by atoms with van der Waals surface area (Å²) in [5.74, 6) is -0.705. The molecule has 7 nitrogen and oxygen atoms in total. The predicted octanol–water partition coefficient (Wildman–Crippen LogP) is 5.22. The van der Waals surface area contributed by atoms with Crippen LogP contribution in [0.25, 0.3) is 0 Å². The summed E-state index contributed by atoms with van der Waals surface area (Å²) < 4.78 is 28.8. The van der Waals surface area contributed by atoms with Crippen LogP contribution < -0.4 is 9.62 Å². The minimum absolute atomic E-state index is 0.0509. The fourth-order valence-electron chi connectivity index (χ4n) is 4.33. The van der Waals surface area contributed by atoms with Crippen molar-refractivity contribution in [2.75, 3.05) is 10.8 Å². The summed E-state index contributed by atoms with van der Waals surface area (Å²) in [5.41, 5.74) is 3.25. The second kappa shape index (κ2) is 13.4. The molecule has 0 saturated heterocycles. The molecule has 0 aliphatic carbocycles. The average molecular weight is 550 g/mol. The molecule has 0 saturated carbocycles. The van der Waals surface area contributed by atoms with Crippen molar-refractivity contribution < 1.29 is 18.0 Å². The van der Waals surface area contributed by atoms with Crippen LogP contribution in [0.2, 0.25) is 0 Å². The summed E-state index contributed by atoms with van der Waals surface area (Å²) in [4.78, 5) is 29.0. The quantitative estimate of drug-likeness (QED) is 0.336. The molecule has 2 atom stereocenters. The molecule has 0 radical (unpaired) electrons. The van der Waals surface area contributed by atoms with Gasteiger partial charge >= 0.3 is 0 Å². The van der Waals surface area contributed by atoms with Crippen LogP contribution in [0.3, 0.4) is 0 Å². The maximum absolute atomic E-state index is 14.1. The summed E-state index contributed by atoms with van der Waals surface area (Å²) in [7, 11) is -4.07. The van der Waals surface area contributed by atoms with E-state index in [-0.39, 0.29) is 23.4 Å². The molecule has 8 heteroatoms. The van der Waals surface area contributed by atoms with Gasteiger partial charge in [0, 0.05) is 12.6 Å². The van der Waals surface area contributed by atoms with Gasteiger partial charge in [-0.2, -0.15) is 0 Å². The lowest BCUT2D eigenvalue weighted by molar-refractivity contribution is -0.140. The standard InChI is InChI=1S/C31H39N3O4S/c1-6-25(5)32-31(36)29(7-2)33(21-26-13-11-12-24(4)20-26)30(35)22-34(27-18-16-23(3)17-19-27)39(37,38)28-14-9-8-10-15-28/h8-20,25,29H,6-7,21-22H2,1-5H3,(H,32,36)/t25-,29+/m0/s1. The van der Waals surface area contributed by atoms with Crippen molar-refractivity contribution in [3.05, 3.63) is 95.6 Å². The molecule has 208 valence electrons.